The molecule has 0 fully saturated rings. The lowest BCUT2D eigenvalue weighted by Gasteiger charge is -2.21. The summed E-state index contributed by atoms with van der Waals surface area (Å²) >= 11 is 0. The van der Waals surface area contributed by atoms with Crippen LogP contribution in [0.1, 0.15) is 298 Å². The number of aliphatic hydroxyl groups is 1. The van der Waals surface area contributed by atoms with E-state index in [0.29, 0.717) is 31.6 Å². The summed E-state index contributed by atoms with van der Waals surface area (Å²) in [6, 6.07) is 0. The van der Waals surface area contributed by atoms with Gasteiger partial charge in [-0.1, -0.05) is 247 Å². The summed E-state index contributed by atoms with van der Waals surface area (Å²) in [5.41, 5.74) is 0. The van der Waals surface area contributed by atoms with Crippen LogP contribution in [0.15, 0.2) is 0 Å². The molecule has 0 amide bonds. The zero-order valence-corrected chi connectivity index (χ0v) is 53.2. The third-order valence-corrected chi connectivity index (χ3v) is 16.2. The molecule has 0 saturated carbocycles. The van der Waals surface area contributed by atoms with E-state index in [9.17, 15) is 43.2 Å². The minimum Gasteiger partial charge on any atom is -0.462 e. The second-order valence-electron chi connectivity index (χ2n) is 22.8. The summed E-state index contributed by atoms with van der Waals surface area (Å²) in [5.74, 6) is -0.753. The summed E-state index contributed by atoms with van der Waals surface area (Å²) < 4.78 is 67.6. The van der Waals surface area contributed by atoms with Gasteiger partial charge in [0.2, 0.25) is 0 Å². The number of unbranched alkanes of at least 4 members (excludes halogenated alkanes) is 29. The van der Waals surface area contributed by atoms with Crippen LogP contribution in [0.4, 0.5) is 0 Å². The van der Waals surface area contributed by atoms with Crippen LogP contribution in [0.5, 0.6) is 0 Å². The Bertz CT molecular complexity index is 1580. The van der Waals surface area contributed by atoms with E-state index in [2.05, 4.69) is 41.5 Å². The van der Waals surface area contributed by atoms with Crippen LogP contribution in [0, 0.1) is 11.8 Å². The lowest BCUT2D eigenvalue weighted by molar-refractivity contribution is -0.161. The fourth-order valence-corrected chi connectivity index (χ4v) is 10.5. The largest absolute Gasteiger partial charge is 0.472 e. The standard InChI is InChI=1S/C61H118O17P2/c1-7-10-12-14-15-16-17-18-19-20-21-22-23-24-33-39-45-60(65)77-57(50-72-59(64)44-38-32-28-26-31-36-42-54(6)9-3)52-76-80(69,70)74-48-55(62)47-73-79(67,68)75-51-56(49-71-58(63)43-37-29-13-11-8-2)78-61(66)46-40-34-27-25-30-35-41-53(4)5/h53-57,62H,7-52H2,1-6H3,(H,67,68)(H,69,70)/t54?,55-,56+,57+/m0/s1. The molecule has 474 valence electrons. The summed E-state index contributed by atoms with van der Waals surface area (Å²) in [7, 11) is -9.87. The highest BCUT2D eigenvalue weighted by Crippen LogP contribution is 2.45. The van der Waals surface area contributed by atoms with Crippen LogP contribution in [-0.2, 0) is 65.4 Å². The Hall–Kier alpha value is -1.94. The number of phosphoric ester groups is 2. The second kappa shape index (κ2) is 53.8. The second-order valence-corrected chi connectivity index (χ2v) is 25.7. The molecule has 0 aliphatic carbocycles. The number of aliphatic hydroxyl groups excluding tert-OH is 1. The first kappa shape index (κ1) is 78.1. The molecule has 80 heavy (non-hydrogen) atoms. The van der Waals surface area contributed by atoms with Crippen molar-refractivity contribution < 1.29 is 80.2 Å². The first-order valence-corrected chi connectivity index (χ1v) is 35.0. The van der Waals surface area contributed by atoms with Gasteiger partial charge < -0.3 is 33.8 Å². The molecule has 17 nitrogen and oxygen atoms in total. The molecule has 0 spiro atoms. The Kier molecular flexibility index (Phi) is 52.5. The van der Waals surface area contributed by atoms with Crippen molar-refractivity contribution in [2.45, 2.75) is 317 Å². The first-order chi connectivity index (χ1) is 38.4. The van der Waals surface area contributed by atoms with Crippen molar-refractivity contribution in [2.24, 2.45) is 11.8 Å². The summed E-state index contributed by atoms with van der Waals surface area (Å²) in [6.07, 6.45) is 35.4. The molecule has 3 unspecified atom stereocenters. The molecule has 0 saturated heterocycles. The van der Waals surface area contributed by atoms with Gasteiger partial charge >= 0.3 is 39.5 Å². The monoisotopic (exact) mass is 1180 g/mol. The fraction of sp³-hybridized carbons (Fsp3) is 0.934. The lowest BCUT2D eigenvalue weighted by Crippen LogP contribution is -2.30. The third kappa shape index (κ3) is 54.0. The molecule has 0 aromatic rings. The van der Waals surface area contributed by atoms with E-state index in [1.165, 1.54) is 103 Å². The van der Waals surface area contributed by atoms with Gasteiger partial charge in [0, 0.05) is 25.7 Å². The first-order valence-electron chi connectivity index (χ1n) is 32.0. The smallest absolute Gasteiger partial charge is 0.462 e. The van der Waals surface area contributed by atoms with Gasteiger partial charge in [0.15, 0.2) is 12.2 Å². The van der Waals surface area contributed by atoms with Gasteiger partial charge in [-0.3, -0.25) is 37.3 Å². The summed E-state index contributed by atoms with van der Waals surface area (Å²) in [6.45, 7) is 9.25. The van der Waals surface area contributed by atoms with Gasteiger partial charge in [-0.15, -0.1) is 0 Å². The number of phosphoric acid groups is 2. The Labute approximate surface area is 486 Å². The van der Waals surface area contributed by atoms with Gasteiger partial charge in [0.1, 0.15) is 19.3 Å². The van der Waals surface area contributed by atoms with Crippen molar-refractivity contribution >= 4 is 39.5 Å². The van der Waals surface area contributed by atoms with E-state index in [-0.39, 0.29) is 25.7 Å². The van der Waals surface area contributed by atoms with Crippen LogP contribution >= 0.6 is 15.6 Å². The molecule has 19 heteroatoms. The van der Waals surface area contributed by atoms with E-state index in [1.54, 1.807) is 0 Å². The average Bonchev–Trinajstić information content (AvgIpc) is 3.42. The minimum atomic E-state index is -4.94. The minimum absolute atomic E-state index is 0.101. The highest BCUT2D eigenvalue weighted by atomic mass is 31.2. The van der Waals surface area contributed by atoms with Crippen molar-refractivity contribution in [3.63, 3.8) is 0 Å². The van der Waals surface area contributed by atoms with Gasteiger partial charge in [0.05, 0.1) is 26.4 Å². The molecule has 3 N–H and O–H groups in total. The zero-order valence-electron chi connectivity index (χ0n) is 51.4. The lowest BCUT2D eigenvalue weighted by atomic mass is 10.00. The highest BCUT2D eigenvalue weighted by molar-refractivity contribution is 7.47. The van der Waals surface area contributed by atoms with E-state index >= 15 is 0 Å². The summed E-state index contributed by atoms with van der Waals surface area (Å²) in [5, 5.41) is 10.5. The predicted octanol–water partition coefficient (Wildman–Crippen LogP) is 16.5. The van der Waals surface area contributed by atoms with Crippen LogP contribution in [0.2, 0.25) is 0 Å². The number of hydrogen-bond donors (Lipinski definition) is 3. The van der Waals surface area contributed by atoms with E-state index in [1.807, 2.05) is 0 Å². The Balaban J connectivity index is 5.16. The number of carbonyl (C=O) groups excluding carboxylic acids is 4. The molecule has 0 radical (unpaired) electrons. The zero-order chi connectivity index (χ0) is 59.4. The molecule has 0 aliphatic rings. The SMILES string of the molecule is CCCCCCCCCCCCCCCCCCC(=O)O[C@H](COC(=O)CCCCCCCCC(C)CC)COP(=O)(O)OC[C@@H](O)COP(=O)(O)OC[C@@H](COC(=O)CCCCCCC)OC(=O)CCCCCCCCC(C)C. The number of carbonyl (C=O) groups is 4. The Morgan fingerprint density at radius 2 is 0.637 bits per heavy atom. The molecule has 0 rings (SSSR count). The quantitative estimate of drug-likeness (QED) is 0.0222. The van der Waals surface area contributed by atoms with Gasteiger partial charge in [0.25, 0.3) is 0 Å². The van der Waals surface area contributed by atoms with E-state index < -0.39 is 97.5 Å². The van der Waals surface area contributed by atoms with Crippen LogP contribution in [0.25, 0.3) is 0 Å². The topological polar surface area (TPSA) is 237 Å². The van der Waals surface area contributed by atoms with Crippen molar-refractivity contribution in [3.8, 4) is 0 Å². The molecule has 0 aromatic carbocycles. The normalized spacial score (nSPS) is 14.7. The average molecular weight is 1190 g/mol. The number of esters is 4. The van der Waals surface area contributed by atoms with Crippen LogP contribution < -0.4 is 0 Å². The highest BCUT2D eigenvalue weighted by Gasteiger charge is 2.30. The molecule has 0 aliphatic heterocycles. The van der Waals surface area contributed by atoms with Crippen molar-refractivity contribution in [1.82, 2.24) is 0 Å². The maximum Gasteiger partial charge on any atom is 0.472 e. The molecule has 6 atom stereocenters. The van der Waals surface area contributed by atoms with Gasteiger partial charge in [-0.05, 0) is 37.5 Å². The predicted molar refractivity (Wildman–Crippen MR) is 317 cm³/mol. The Morgan fingerprint density at radius 3 is 0.950 bits per heavy atom. The fourth-order valence-electron chi connectivity index (χ4n) is 8.97. The summed E-state index contributed by atoms with van der Waals surface area (Å²) in [4.78, 5) is 71.8. The van der Waals surface area contributed by atoms with E-state index in [0.717, 1.165) is 109 Å². The Morgan fingerprint density at radius 1 is 0.362 bits per heavy atom. The third-order valence-electron chi connectivity index (χ3n) is 14.3. The van der Waals surface area contributed by atoms with Crippen molar-refractivity contribution in [1.29, 1.82) is 0 Å². The molecular formula is C61H118O17P2. The number of ether oxygens (including phenoxy) is 4. The molecule has 0 aromatic heterocycles. The molecule has 0 bridgehead atoms. The van der Waals surface area contributed by atoms with Crippen molar-refractivity contribution in [3.05, 3.63) is 0 Å². The molecular weight excluding hydrogens is 1070 g/mol. The molecule has 0 heterocycles. The van der Waals surface area contributed by atoms with Crippen LogP contribution in [0.3, 0.4) is 0 Å². The van der Waals surface area contributed by atoms with Gasteiger partial charge in [-0.2, -0.15) is 0 Å². The maximum atomic E-state index is 12.9. The maximum absolute atomic E-state index is 12.9. The van der Waals surface area contributed by atoms with Gasteiger partial charge in [-0.25, -0.2) is 9.13 Å². The number of hydrogen-bond acceptors (Lipinski definition) is 15. The van der Waals surface area contributed by atoms with Crippen molar-refractivity contribution in [2.75, 3.05) is 39.6 Å². The number of rotatable bonds is 60. The van der Waals surface area contributed by atoms with Crippen LogP contribution in [-0.4, -0.2) is 96.7 Å². The van der Waals surface area contributed by atoms with E-state index in [4.69, 9.17) is 37.0 Å².